The summed E-state index contributed by atoms with van der Waals surface area (Å²) in [5.74, 6) is 11.7. The van der Waals surface area contributed by atoms with E-state index in [0.717, 1.165) is 162 Å². The molecule has 1 amide bonds. The second-order valence-corrected chi connectivity index (χ2v) is 57.7. The van der Waals surface area contributed by atoms with Crippen LogP contribution >= 0.6 is 51.3 Å². The molecule has 6 aliphatic heterocycles. The molecule has 0 unspecified atom stereocenters. The van der Waals surface area contributed by atoms with E-state index in [9.17, 15) is 28.8 Å². The maximum atomic E-state index is 13.4. The van der Waals surface area contributed by atoms with Crippen LogP contribution in [0, 0.1) is 60.5 Å². The summed E-state index contributed by atoms with van der Waals surface area (Å²) in [6.07, 6.45) is 17.7. The third-order valence-corrected chi connectivity index (χ3v) is 31.5. The Morgan fingerprint density at radius 2 is 0.977 bits per heavy atom. The summed E-state index contributed by atoms with van der Waals surface area (Å²) in [4.78, 5) is 99.7. The summed E-state index contributed by atoms with van der Waals surface area (Å²) in [6, 6.07) is 44.9. The van der Waals surface area contributed by atoms with E-state index in [0.29, 0.717) is 66.1 Å². The second kappa shape index (κ2) is 50.2. The fourth-order valence-electron chi connectivity index (χ4n) is 15.2. The van der Waals surface area contributed by atoms with Gasteiger partial charge < -0.3 is 34.2 Å². The molecule has 6 aromatic carbocycles. The Labute approximate surface area is 811 Å². The summed E-state index contributed by atoms with van der Waals surface area (Å²) >= 11 is 8.78. The number of likely N-dealkylation sites (N-methyl/N-ethyl adjacent to an activating group) is 3. The van der Waals surface area contributed by atoms with E-state index >= 15 is 0 Å². The first-order valence-corrected chi connectivity index (χ1v) is 60.3. The third-order valence-electron chi connectivity index (χ3n) is 23.1. The molecule has 6 aliphatic rings. The van der Waals surface area contributed by atoms with Gasteiger partial charge in [-0.3, -0.25) is 53.4 Å². The second-order valence-electron chi connectivity index (χ2n) is 37.6. The first-order valence-electron chi connectivity index (χ1n) is 44.6. The van der Waals surface area contributed by atoms with E-state index in [1.165, 1.54) is 43.4 Å². The van der Waals surface area contributed by atoms with Crippen molar-refractivity contribution in [3.8, 4) is 53.4 Å². The molecule has 0 spiro atoms. The number of benzene rings is 6. The number of aryl methyl sites for hydroxylation is 3. The molecule has 20 nitrogen and oxygen atoms in total. The number of anilines is 1. The molecule has 1 radical (unpaired) electrons. The average Bonchev–Trinajstić information content (AvgIpc) is 0.826. The van der Waals surface area contributed by atoms with Gasteiger partial charge in [0.15, 0.2) is 47.1 Å². The Kier molecular flexibility index (Phi) is 40.4. The molecule has 9 aromatic rings. The van der Waals surface area contributed by atoms with Crippen LogP contribution < -0.4 is 35.1 Å². The van der Waals surface area contributed by atoms with Crippen molar-refractivity contribution in [3.63, 3.8) is 0 Å². The first kappa shape index (κ1) is 105. The summed E-state index contributed by atoms with van der Waals surface area (Å²) in [6.45, 7) is 48.3. The average molecular weight is 2030 g/mol. The van der Waals surface area contributed by atoms with Gasteiger partial charge in [0.05, 0.1) is 49.2 Å². The van der Waals surface area contributed by atoms with Gasteiger partial charge >= 0.3 is 24.8 Å². The number of carbonyl (C=O) groups excluding carboxylic acids is 6. The molecule has 9 heterocycles. The number of carbonyl (C=O) groups is 6. The number of aromatic nitrogens is 3. The van der Waals surface area contributed by atoms with Gasteiger partial charge in [-0.15, -0.1) is 18.4 Å². The number of hydrogen-bond acceptors (Lipinski definition) is 20. The zero-order chi connectivity index (χ0) is 95.4. The predicted octanol–water partition coefficient (Wildman–Crippen LogP) is 14.6. The maximum absolute atomic E-state index is 13.4. The van der Waals surface area contributed by atoms with Gasteiger partial charge in [0.2, 0.25) is 0 Å². The molecule has 1 N–H and O–H groups in total. The van der Waals surface area contributed by atoms with Gasteiger partial charge in [0.25, 0.3) is 5.91 Å². The molecule has 0 atom stereocenters. The van der Waals surface area contributed by atoms with Gasteiger partial charge in [0, 0.05) is 184 Å². The first-order chi connectivity index (χ1) is 62.1. The molecule has 0 bridgehead atoms. The molecule has 0 aliphatic carbocycles. The number of halogens is 2. The van der Waals surface area contributed by atoms with Crippen LogP contribution in [0.25, 0.3) is 0 Å². The SMILES string of the molecule is C#C[Si](C)(C)C.C#Cc1cc(C(=O)Cc2ccc(CN3CCN(C)CC3)c([Si](C)(C)C)c2)ccc1C.Cc1ccc(C(=O)Cc2ccc(CN3CCN(C)CC3)c([Si](C)(C)C)c2)cc1C#Cc1cnc2c(c1)OCC(=O)N2.Cc1ccc(C(=O)Cc2ccc(CN3CCN(C)CC3)cc2[SiH](C)C)cc1I.O=C1COc2cc(Br)cnc2C1.O=C1COc2cccnc2C1.[B]=NS. The van der Waals surface area contributed by atoms with Crippen LogP contribution in [0.3, 0.4) is 0 Å². The van der Waals surface area contributed by atoms with Crippen LogP contribution in [0.2, 0.25) is 72.0 Å². The zero-order valence-corrected chi connectivity index (χ0v) is 88.1. The summed E-state index contributed by atoms with van der Waals surface area (Å²) in [5, 5.41) is 7.04. The van der Waals surface area contributed by atoms with Crippen LogP contribution in [0.5, 0.6) is 17.2 Å². The number of terminal acetylenes is 2. The topological polar surface area (TPSA) is 213 Å². The van der Waals surface area contributed by atoms with Crippen LogP contribution in [-0.2, 0) is 66.1 Å². The van der Waals surface area contributed by atoms with E-state index in [2.05, 4.69) is 291 Å². The van der Waals surface area contributed by atoms with E-state index in [-0.39, 0.29) is 54.6 Å². The minimum absolute atomic E-state index is 0.0345. The van der Waals surface area contributed by atoms with Crippen LogP contribution in [-0.4, -0.2) is 239 Å². The quantitative estimate of drug-likeness (QED) is 0.0269. The van der Waals surface area contributed by atoms with Crippen molar-refractivity contribution in [2.24, 2.45) is 4.30 Å². The predicted molar refractivity (Wildman–Crippen MR) is 559 cm³/mol. The number of nitrogens with one attached hydrogen (secondary N) is 1. The fourth-order valence-corrected chi connectivity index (χ4v) is 21.0. The summed E-state index contributed by atoms with van der Waals surface area (Å²) < 4.78 is 20.5. The molecule has 131 heavy (non-hydrogen) atoms. The molecule has 28 heteroatoms. The van der Waals surface area contributed by atoms with Gasteiger partial charge in [-0.1, -0.05) is 196 Å². The Morgan fingerprint density at radius 1 is 0.527 bits per heavy atom. The Bertz CT molecular complexity index is 5720. The van der Waals surface area contributed by atoms with Crippen molar-refractivity contribution >= 4 is 148 Å². The van der Waals surface area contributed by atoms with Crippen LogP contribution in [0.15, 0.2) is 161 Å². The van der Waals surface area contributed by atoms with Crippen molar-refractivity contribution in [2.45, 2.75) is 145 Å². The molecule has 3 aromatic heterocycles. The molecule has 687 valence electrons. The number of piperazine rings is 3. The number of hydrogen-bond donors (Lipinski definition) is 2. The van der Waals surface area contributed by atoms with Crippen molar-refractivity contribution in [1.82, 2.24) is 44.4 Å². The molecular formula is C103H127BBrIN11O9SSi4. The number of pyridine rings is 3. The molecule has 3 fully saturated rings. The molecular weight excluding hydrogens is 1900 g/mol. The van der Waals surface area contributed by atoms with Crippen molar-refractivity contribution in [1.29, 1.82) is 0 Å². The summed E-state index contributed by atoms with van der Waals surface area (Å²) in [5.41, 5.74) is 19.5. The van der Waals surface area contributed by atoms with Crippen molar-refractivity contribution < 1.29 is 43.0 Å². The van der Waals surface area contributed by atoms with E-state index in [1.54, 1.807) is 30.7 Å². The van der Waals surface area contributed by atoms with E-state index < -0.39 is 33.0 Å². The number of ether oxygens (including phenoxy) is 3. The zero-order valence-electron chi connectivity index (χ0n) is 79.4. The van der Waals surface area contributed by atoms with Crippen LogP contribution in [0.4, 0.5) is 5.82 Å². The Hall–Kier alpha value is -9.28. The Balaban J connectivity index is 0.000000191. The number of amides is 1. The van der Waals surface area contributed by atoms with Gasteiger partial charge in [-0.2, -0.15) is 0 Å². The monoisotopic (exact) mass is 2020 g/mol. The Morgan fingerprint density at radius 3 is 1.47 bits per heavy atom. The normalized spacial score (nSPS) is 15.2. The minimum atomic E-state index is -1.61. The van der Waals surface area contributed by atoms with Crippen molar-refractivity contribution in [3.05, 3.63) is 255 Å². The number of rotatable bonds is 18. The molecule has 3 saturated heterocycles. The van der Waals surface area contributed by atoms with Gasteiger partial charge in [0.1, 0.15) is 32.8 Å². The summed E-state index contributed by atoms with van der Waals surface area (Å²) in [7, 11) is 5.65. The van der Waals surface area contributed by atoms with Crippen molar-refractivity contribution in [2.75, 3.05) is 125 Å². The third kappa shape index (κ3) is 33.7. The molecule has 15 rings (SSSR count). The van der Waals surface area contributed by atoms with Crippen LogP contribution in [0.1, 0.15) is 109 Å². The molecule has 0 saturated carbocycles. The number of fused-ring (bicyclic) bond motifs is 3. The fraction of sp³-hybridized carbons (Fsp3) is 0.388. The number of nitrogens with zero attached hydrogens (tertiary/aromatic N) is 10. The van der Waals surface area contributed by atoms with Gasteiger partial charge in [-0.25, -0.2) is 4.98 Å². The number of ketones is 5. The van der Waals surface area contributed by atoms with E-state index in [1.807, 2.05) is 80.6 Å². The number of Topliss-reactive ketones (excluding diaryl/α,β-unsaturated/α-hetero) is 5. The standard InChI is InChI=1S/C33H38N4O3Si.C26H34N2OSi.C23H31IN2OSi.C8H6BrNO2.C8H7NO2.C5H10Si.BHNS/c1-23-6-9-27(19-26(23)10-8-25-17-30-33(34-20-25)35-32(39)22-40-30)29(38)16-24-7-11-28(31(18-24)41(3,4)5)21-37-14-12-36(2)13-15-37;1-7-22-18-23(10-8-20(22)2)25(29)16-21-9-11-24(26(17-21)30(4,5)6)19-28-14-12-27(3)13-15-28;1-17-5-7-19(14-21(17)24)22(27)15-20-8-6-18(13-23(20)28(3)4)16-26-11-9-25(2)10-12-26;9-5-1-8-7(10-3-5)2-6(11)4-12-8;10-6-4-7-8(11-5-6)2-1-3-9-7;1-5-6(2,3)4;1-2-3/h6-7,9,11,17-20H,12-16,21-22H2,1-5H3,(H,34,35,39);1,8-11,17-18H,12-16,19H2,2-6H3;5-8,13-14,28H,9-12,15-16H2,1-4H3;1,3H,2,4H2;1-3H,4-5H2;1H,2-4H3;3H. The van der Waals surface area contributed by atoms with Gasteiger partial charge in [-0.05, 0) is 167 Å². The number of thiol groups is 1. The van der Waals surface area contributed by atoms with E-state index in [4.69, 9.17) is 27.1 Å².